The van der Waals surface area contributed by atoms with Crippen LogP contribution in [-0.2, 0) is 9.84 Å². The summed E-state index contributed by atoms with van der Waals surface area (Å²) in [6.45, 7) is 0. The van der Waals surface area contributed by atoms with Gasteiger partial charge in [-0.25, -0.2) is 13.4 Å². The average Bonchev–Trinajstić information content (AvgIpc) is 2.94. The lowest BCUT2D eigenvalue weighted by Crippen LogP contribution is -1.93. The Morgan fingerprint density at radius 2 is 2.16 bits per heavy atom. The van der Waals surface area contributed by atoms with Crippen molar-refractivity contribution in [2.45, 2.75) is 4.90 Å². The number of H-pyrrole nitrogens is 1. The molecular weight excluding hydrogens is 304 g/mol. The molecule has 3 aromatic rings. The zero-order valence-electron chi connectivity index (χ0n) is 9.84. The molecule has 0 aliphatic carbocycles. The van der Waals surface area contributed by atoms with Crippen LogP contribution in [0.2, 0.25) is 5.02 Å². The lowest BCUT2D eigenvalue weighted by molar-refractivity contribution is 0.602. The summed E-state index contributed by atoms with van der Waals surface area (Å²) in [7, 11) is -3.19. The van der Waals surface area contributed by atoms with Gasteiger partial charge in [-0.3, -0.25) is 0 Å². The zero-order valence-corrected chi connectivity index (χ0v) is 12.2. The van der Waals surface area contributed by atoms with Gasteiger partial charge in [0.25, 0.3) is 0 Å². The highest BCUT2D eigenvalue weighted by atomic mass is 35.5. The van der Waals surface area contributed by atoms with Crippen LogP contribution in [-0.4, -0.2) is 24.6 Å². The van der Waals surface area contributed by atoms with Gasteiger partial charge in [-0.05, 0) is 18.2 Å². The van der Waals surface area contributed by atoms with E-state index in [1.165, 1.54) is 17.6 Å². The molecule has 2 aromatic heterocycles. The van der Waals surface area contributed by atoms with Crippen LogP contribution in [0.15, 0.2) is 34.5 Å². The van der Waals surface area contributed by atoms with Gasteiger partial charge >= 0.3 is 0 Å². The van der Waals surface area contributed by atoms with E-state index in [0.29, 0.717) is 21.3 Å². The Hall–Kier alpha value is -1.37. The van der Waals surface area contributed by atoms with Crippen molar-refractivity contribution in [2.24, 2.45) is 0 Å². The van der Waals surface area contributed by atoms with Crippen molar-refractivity contribution < 1.29 is 8.42 Å². The van der Waals surface area contributed by atoms with Gasteiger partial charge in [-0.2, -0.15) is 0 Å². The van der Waals surface area contributed by atoms with Crippen LogP contribution in [0.25, 0.3) is 21.7 Å². The second kappa shape index (κ2) is 4.33. The van der Waals surface area contributed by atoms with E-state index < -0.39 is 9.84 Å². The van der Waals surface area contributed by atoms with Crippen molar-refractivity contribution in [3.8, 4) is 10.7 Å². The molecule has 0 saturated carbocycles. The van der Waals surface area contributed by atoms with Crippen molar-refractivity contribution in [3.05, 3.63) is 34.7 Å². The molecule has 2 heterocycles. The monoisotopic (exact) mass is 312 g/mol. The van der Waals surface area contributed by atoms with E-state index in [-0.39, 0.29) is 0 Å². The van der Waals surface area contributed by atoms with Crippen molar-refractivity contribution in [2.75, 3.05) is 6.26 Å². The van der Waals surface area contributed by atoms with E-state index >= 15 is 0 Å². The number of benzene rings is 1. The summed E-state index contributed by atoms with van der Waals surface area (Å²) in [4.78, 5) is 8.62. The van der Waals surface area contributed by atoms with Gasteiger partial charge in [-0.1, -0.05) is 17.7 Å². The van der Waals surface area contributed by atoms with Gasteiger partial charge in [-0.15, -0.1) is 11.3 Å². The summed E-state index contributed by atoms with van der Waals surface area (Å²) < 4.78 is 22.9. The third-order valence-corrected chi connectivity index (χ3v) is 5.18. The van der Waals surface area contributed by atoms with Crippen molar-refractivity contribution in [1.82, 2.24) is 9.97 Å². The lowest BCUT2D eigenvalue weighted by Gasteiger charge is -1.89. The molecular formula is C12H9ClN2O2S2. The topological polar surface area (TPSA) is 62.8 Å². The molecule has 98 valence electrons. The number of rotatable bonds is 2. The van der Waals surface area contributed by atoms with E-state index in [1.54, 1.807) is 17.5 Å². The summed E-state index contributed by atoms with van der Waals surface area (Å²) in [5.41, 5.74) is 1.52. The summed E-state index contributed by atoms with van der Waals surface area (Å²) >= 11 is 7.40. The SMILES string of the molecule is CS(=O)(=O)c1csc(-c2nc3c(Cl)cccc3[nH]2)c1. The van der Waals surface area contributed by atoms with Gasteiger partial charge in [0.2, 0.25) is 0 Å². The molecule has 7 heteroatoms. The Morgan fingerprint density at radius 3 is 2.79 bits per heavy atom. The number of hydrogen-bond acceptors (Lipinski definition) is 4. The number of hydrogen-bond donors (Lipinski definition) is 1. The Bertz CT molecular complexity index is 865. The number of nitrogens with one attached hydrogen (secondary N) is 1. The fourth-order valence-electron chi connectivity index (χ4n) is 1.75. The Kier molecular flexibility index (Phi) is 2.88. The maximum absolute atomic E-state index is 11.5. The standard InChI is InChI=1S/C12H9ClN2O2S2/c1-19(16,17)7-5-10(18-6-7)12-14-9-4-2-3-8(13)11(9)15-12/h2-6H,1H3,(H,14,15). The Balaban J connectivity index is 2.15. The first kappa shape index (κ1) is 12.7. The van der Waals surface area contributed by atoms with Crippen LogP contribution in [0.1, 0.15) is 0 Å². The molecule has 1 N–H and O–H groups in total. The van der Waals surface area contributed by atoms with Gasteiger partial charge in [0, 0.05) is 11.6 Å². The minimum atomic E-state index is -3.19. The minimum Gasteiger partial charge on any atom is -0.337 e. The number of aromatic nitrogens is 2. The molecule has 1 aromatic carbocycles. The first-order valence-electron chi connectivity index (χ1n) is 5.38. The van der Waals surface area contributed by atoms with E-state index in [4.69, 9.17) is 11.6 Å². The van der Waals surface area contributed by atoms with E-state index in [1.807, 2.05) is 12.1 Å². The number of aromatic amines is 1. The first-order chi connectivity index (χ1) is 8.95. The molecule has 0 radical (unpaired) electrons. The quantitative estimate of drug-likeness (QED) is 0.789. The molecule has 0 unspecified atom stereocenters. The minimum absolute atomic E-state index is 0.305. The van der Waals surface area contributed by atoms with Crippen molar-refractivity contribution in [3.63, 3.8) is 0 Å². The second-order valence-corrected chi connectivity index (χ2v) is 7.47. The van der Waals surface area contributed by atoms with Gasteiger partial charge in [0.1, 0.15) is 11.3 Å². The normalized spacial score (nSPS) is 12.1. The molecule has 0 atom stereocenters. The number of imidazole rings is 1. The summed E-state index contributed by atoms with van der Waals surface area (Å²) in [5, 5.41) is 2.18. The van der Waals surface area contributed by atoms with Gasteiger partial charge in [0.05, 0.1) is 20.3 Å². The van der Waals surface area contributed by atoms with Crippen LogP contribution < -0.4 is 0 Å². The lowest BCUT2D eigenvalue weighted by atomic mass is 10.3. The highest BCUT2D eigenvalue weighted by Gasteiger charge is 2.14. The van der Waals surface area contributed by atoms with Crippen LogP contribution in [0, 0.1) is 0 Å². The number of halogens is 1. The fourth-order valence-corrected chi connectivity index (χ4v) is 3.93. The maximum atomic E-state index is 11.5. The predicted octanol–water partition coefficient (Wildman–Crippen LogP) is 3.35. The van der Waals surface area contributed by atoms with Crippen molar-refractivity contribution >= 4 is 43.8 Å². The van der Waals surface area contributed by atoms with E-state index in [2.05, 4.69) is 9.97 Å². The summed E-state index contributed by atoms with van der Waals surface area (Å²) in [6, 6.07) is 7.10. The average molecular weight is 313 g/mol. The highest BCUT2D eigenvalue weighted by molar-refractivity contribution is 7.90. The molecule has 0 fully saturated rings. The number of sulfone groups is 1. The van der Waals surface area contributed by atoms with Crippen LogP contribution in [0.3, 0.4) is 0 Å². The maximum Gasteiger partial charge on any atom is 0.176 e. The van der Waals surface area contributed by atoms with Crippen LogP contribution in [0.5, 0.6) is 0 Å². The van der Waals surface area contributed by atoms with E-state index in [0.717, 1.165) is 10.4 Å². The molecule has 19 heavy (non-hydrogen) atoms. The molecule has 0 aliphatic rings. The number of para-hydroxylation sites is 1. The van der Waals surface area contributed by atoms with Gasteiger partial charge < -0.3 is 4.98 Å². The van der Waals surface area contributed by atoms with Crippen LogP contribution in [0.4, 0.5) is 0 Å². The third-order valence-electron chi connectivity index (χ3n) is 2.70. The molecule has 0 bridgehead atoms. The second-order valence-electron chi connectivity index (χ2n) is 4.14. The number of nitrogens with zero attached hydrogens (tertiary/aromatic N) is 1. The Morgan fingerprint density at radius 1 is 1.37 bits per heavy atom. The smallest absolute Gasteiger partial charge is 0.176 e. The Labute approximate surface area is 119 Å². The summed E-state index contributed by atoms with van der Waals surface area (Å²) in [5.74, 6) is 0.628. The third kappa shape index (κ3) is 2.27. The molecule has 0 aliphatic heterocycles. The largest absolute Gasteiger partial charge is 0.337 e. The molecule has 0 spiro atoms. The predicted molar refractivity (Wildman–Crippen MR) is 77.5 cm³/mol. The van der Waals surface area contributed by atoms with Crippen LogP contribution >= 0.6 is 22.9 Å². The van der Waals surface area contributed by atoms with E-state index in [9.17, 15) is 8.42 Å². The number of thiophene rings is 1. The fraction of sp³-hybridized carbons (Fsp3) is 0.0833. The summed E-state index contributed by atoms with van der Waals surface area (Å²) in [6.07, 6.45) is 1.19. The molecule has 3 rings (SSSR count). The molecule has 4 nitrogen and oxygen atoms in total. The number of fused-ring (bicyclic) bond motifs is 1. The highest BCUT2D eigenvalue weighted by Crippen LogP contribution is 2.30. The van der Waals surface area contributed by atoms with Gasteiger partial charge in [0.15, 0.2) is 9.84 Å². The zero-order chi connectivity index (χ0) is 13.6. The first-order valence-corrected chi connectivity index (χ1v) is 8.53. The van der Waals surface area contributed by atoms with Crippen molar-refractivity contribution in [1.29, 1.82) is 0 Å². The molecule has 0 saturated heterocycles. The molecule has 0 amide bonds.